The highest BCUT2D eigenvalue weighted by Gasteiger charge is 2.26. The monoisotopic (exact) mass is 317 g/mol. The Morgan fingerprint density at radius 3 is 2.57 bits per heavy atom. The molecule has 0 aliphatic heterocycles. The number of aromatic nitrogens is 4. The Balaban J connectivity index is 2.20. The van der Waals surface area contributed by atoms with Crippen molar-refractivity contribution in [3.8, 4) is 0 Å². The summed E-state index contributed by atoms with van der Waals surface area (Å²) in [5.41, 5.74) is 1.03. The maximum Gasteiger partial charge on any atom is 0.245 e. The van der Waals surface area contributed by atoms with Crippen molar-refractivity contribution in [1.82, 2.24) is 25.5 Å². The standard InChI is InChI=1S/C16H23N5O2/c1-11(10-22)12(2)17-16(23)15(21-13(3)18-19-20-21)9-14-7-5-4-6-8-14/h4-8,11-12,15,22H,9-10H2,1-3H3,(H,17,23). The van der Waals surface area contributed by atoms with E-state index in [4.69, 9.17) is 0 Å². The van der Waals surface area contributed by atoms with Gasteiger partial charge >= 0.3 is 0 Å². The number of tetrazole rings is 1. The Labute approximate surface area is 135 Å². The number of carbonyl (C=O) groups is 1. The first-order chi connectivity index (χ1) is 11.0. The molecule has 3 atom stereocenters. The highest BCUT2D eigenvalue weighted by Crippen LogP contribution is 2.16. The quantitative estimate of drug-likeness (QED) is 0.791. The molecule has 0 aliphatic rings. The molecule has 3 unspecified atom stereocenters. The third-order valence-electron chi connectivity index (χ3n) is 4.04. The maximum absolute atomic E-state index is 12.7. The third kappa shape index (κ3) is 4.35. The van der Waals surface area contributed by atoms with Crippen LogP contribution in [0.2, 0.25) is 0 Å². The topological polar surface area (TPSA) is 92.9 Å². The minimum atomic E-state index is -0.527. The van der Waals surface area contributed by atoms with Crippen LogP contribution in [-0.4, -0.2) is 43.9 Å². The molecule has 2 rings (SSSR count). The molecule has 0 fully saturated rings. The van der Waals surface area contributed by atoms with E-state index in [0.717, 1.165) is 5.56 Å². The molecule has 0 bridgehead atoms. The minimum absolute atomic E-state index is 0.0220. The van der Waals surface area contributed by atoms with Crippen molar-refractivity contribution in [2.75, 3.05) is 6.61 Å². The molecule has 1 aromatic carbocycles. The summed E-state index contributed by atoms with van der Waals surface area (Å²) in [5.74, 6) is 0.410. The van der Waals surface area contributed by atoms with Crippen LogP contribution < -0.4 is 5.32 Å². The van der Waals surface area contributed by atoms with Crippen molar-refractivity contribution >= 4 is 5.91 Å². The summed E-state index contributed by atoms with van der Waals surface area (Å²) in [7, 11) is 0. The molecule has 1 amide bonds. The summed E-state index contributed by atoms with van der Waals surface area (Å²) in [6.45, 7) is 5.56. The van der Waals surface area contributed by atoms with Gasteiger partial charge in [-0.25, -0.2) is 4.68 Å². The summed E-state index contributed by atoms with van der Waals surface area (Å²) in [6.07, 6.45) is 0.499. The summed E-state index contributed by atoms with van der Waals surface area (Å²) in [4.78, 5) is 12.7. The summed E-state index contributed by atoms with van der Waals surface area (Å²) in [6, 6.07) is 9.09. The van der Waals surface area contributed by atoms with Crippen LogP contribution in [0.4, 0.5) is 0 Å². The van der Waals surface area contributed by atoms with E-state index in [9.17, 15) is 9.90 Å². The highest BCUT2D eigenvalue weighted by atomic mass is 16.3. The van der Waals surface area contributed by atoms with Crippen LogP contribution in [0.3, 0.4) is 0 Å². The second-order valence-corrected chi connectivity index (χ2v) is 5.83. The first-order valence-corrected chi connectivity index (χ1v) is 7.72. The van der Waals surface area contributed by atoms with Crippen LogP contribution in [0, 0.1) is 12.8 Å². The molecule has 2 aromatic rings. The van der Waals surface area contributed by atoms with Crippen LogP contribution in [0.25, 0.3) is 0 Å². The van der Waals surface area contributed by atoms with Gasteiger partial charge in [0.05, 0.1) is 0 Å². The molecule has 0 saturated carbocycles. The number of carbonyl (C=O) groups excluding carboxylic acids is 1. The SMILES string of the molecule is Cc1nnnn1C(Cc1ccccc1)C(=O)NC(C)C(C)CO. The van der Waals surface area contributed by atoms with Gasteiger partial charge in [0, 0.05) is 19.1 Å². The molecule has 0 radical (unpaired) electrons. The molecule has 23 heavy (non-hydrogen) atoms. The molecule has 7 heteroatoms. The van der Waals surface area contributed by atoms with Crippen LogP contribution in [-0.2, 0) is 11.2 Å². The molecular formula is C16H23N5O2. The molecular weight excluding hydrogens is 294 g/mol. The van der Waals surface area contributed by atoms with Crippen LogP contribution in [0.1, 0.15) is 31.3 Å². The van der Waals surface area contributed by atoms with Gasteiger partial charge < -0.3 is 10.4 Å². The largest absolute Gasteiger partial charge is 0.396 e. The van der Waals surface area contributed by atoms with E-state index in [1.807, 2.05) is 44.2 Å². The molecule has 1 heterocycles. The van der Waals surface area contributed by atoms with Gasteiger partial charge in [-0.05, 0) is 35.8 Å². The fourth-order valence-corrected chi connectivity index (χ4v) is 2.27. The van der Waals surface area contributed by atoms with Crippen LogP contribution in [0.15, 0.2) is 30.3 Å². The van der Waals surface area contributed by atoms with Crippen molar-refractivity contribution in [3.63, 3.8) is 0 Å². The fraction of sp³-hybridized carbons (Fsp3) is 0.500. The predicted octanol–water partition coefficient (Wildman–Crippen LogP) is 0.898. The number of aliphatic hydroxyl groups is 1. The van der Waals surface area contributed by atoms with Gasteiger partial charge in [0.25, 0.3) is 0 Å². The van der Waals surface area contributed by atoms with E-state index in [0.29, 0.717) is 12.2 Å². The van der Waals surface area contributed by atoms with E-state index in [2.05, 4.69) is 20.8 Å². The number of nitrogens with one attached hydrogen (secondary N) is 1. The lowest BCUT2D eigenvalue weighted by Crippen LogP contribution is -2.43. The first kappa shape index (κ1) is 17.1. The molecule has 124 valence electrons. The molecule has 2 N–H and O–H groups in total. The number of hydrogen-bond donors (Lipinski definition) is 2. The van der Waals surface area contributed by atoms with E-state index in [1.54, 1.807) is 11.6 Å². The van der Waals surface area contributed by atoms with Crippen molar-refractivity contribution in [1.29, 1.82) is 0 Å². The van der Waals surface area contributed by atoms with Gasteiger partial charge in [-0.3, -0.25) is 4.79 Å². The molecule has 7 nitrogen and oxygen atoms in total. The normalized spacial score (nSPS) is 15.0. The van der Waals surface area contributed by atoms with E-state index in [1.165, 1.54) is 0 Å². The average Bonchev–Trinajstić information content (AvgIpc) is 2.98. The second kappa shape index (κ2) is 7.82. The van der Waals surface area contributed by atoms with Crippen molar-refractivity contribution in [2.45, 2.75) is 39.3 Å². The van der Waals surface area contributed by atoms with E-state index < -0.39 is 6.04 Å². The van der Waals surface area contributed by atoms with Gasteiger partial charge in [-0.2, -0.15) is 0 Å². The number of amides is 1. The number of aryl methyl sites for hydroxylation is 1. The number of nitrogens with zero attached hydrogens (tertiary/aromatic N) is 4. The van der Waals surface area contributed by atoms with Gasteiger partial charge in [0.1, 0.15) is 11.9 Å². The number of benzene rings is 1. The number of aliphatic hydroxyl groups excluding tert-OH is 1. The Morgan fingerprint density at radius 1 is 1.30 bits per heavy atom. The van der Waals surface area contributed by atoms with Crippen LogP contribution in [0.5, 0.6) is 0 Å². The van der Waals surface area contributed by atoms with Crippen molar-refractivity contribution in [2.24, 2.45) is 5.92 Å². The lowest BCUT2D eigenvalue weighted by Gasteiger charge is -2.23. The van der Waals surface area contributed by atoms with Gasteiger partial charge in [0.2, 0.25) is 5.91 Å². The lowest BCUT2D eigenvalue weighted by molar-refractivity contribution is -0.125. The number of rotatable bonds is 7. The van der Waals surface area contributed by atoms with Gasteiger partial charge in [-0.15, -0.1) is 5.10 Å². The molecule has 0 spiro atoms. The maximum atomic E-state index is 12.7. The summed E-state index contributed by atoms with van der Waals surface area (Å²) < 4.78 is 1.54. The lowest BCUT2D eigenvalue weighted by atomic mass is 10.0. The average molecular weight is 317 g/mol. The highest BCUT2D eigenvalue weighted by molar-refractivity contribution is 5.80. The Kier molecular flexibility index (Phi) is 5.81. The first-order valence-electron chi connectivity index (χ1n) is 7.72. The Hall–Kier alpha value is -2.28. The minimum Gasteiger partial charge on any atom is -0.396 e. The fourth-order valence-electron chi connectivity index (χ4n) is 2.27. The zero-order valence-corrected chi connectivity index (χ0v) is 13.7. The van der Waals surface area contributed by atoms with E-state index in [-0.39, 0.29) is 24.5 Å². The number of hydrogen-bond acceptors (Lipinski definition) is 5. The van der Waals surface area contributed by atoms with Crippen molar-refractivity contribution < 1.29 is 9.90 Å². The van der Waals surface area contributed by atoms with Crippen LogP contribution >= 0.6 is 0 Å². The summed E-state index contributed by atoms with van der Waals surface area (Å²) >= 11 is 0. The van der Waals surface area contributed by atoms with Crippen molar-refractivity contribution in [3.05, 3.63) is 41.7 Å². The molecule has 0 saturated heterocycles. The van der Waals surface area contributed by atoms with Gasteiger partial charge in [-0.1, -0.05) is 37.3 Å². The van der Waals surface area contributed by atoms with Gasteiger partial charge in [0.15, 0.2) is 0 Å². The predicted molar refractivity (Wildman–Crippen MR) is 85.6 cm³/mol. The Morgan fingerprint density at radius 2 is 2.00 bits per heavy atom. The molecule has 1 aromatic heterocycles. The zero-order chi connectivity index (χ0) is 16.8. The third-order valence-corrected chi connectivity index (χ3v) is 4.04. The zero-order valence-electron chi connectivity index (χ0n) is 13.7. The smallest absolute Gasteiger partial charge is 0.245 e. The molecule has 0 aliphatic carbocycles. The summed E-state index contributed by atoms with van der Waals surface area (Å²) in [5, 5.41) is 23.6. The Bertz CT molecular complexity index is 628. The second-order valence-electron chi connectivity index (χ2n) is 5.83. The van der Waals surface area contributed by atoms with E-state index >= 15 is 0 Å².